The summed E-state index contributed by atoms with van der Waals surface area (Å²) in [4.78, 5) is 0. The zero-order valence-electron chi connectivity index (χ0n) is 13.0. The van der Waals surface area contributed by atoms with E-state index in [4.69, 9.17) is 10.5 Å². The average Bonchev–Trinajstić information content (AvgIpc) is 2.52. The molecule has 1 saturated carbocycles. The van der Waals surface area contributed by atoms with Gasteiger partial charge in [0, 0.05) is 0 Å². The predicted octanol–water partition coefficient (Wildman–Crippen LogP) is 2.51. The van der Waals surface area contributed by atoms with Crippen LogP contribution in [0.5, 0.6) is 5.88 Å². The van der Waals surface area contributed by atoms with Crippen molar-refractivity contribution in [2.75, 3.05) is 6.61 Å². The molecule has 1 aliphatic rings. The third-order valence-electron chi connectivity index (χ3n) is 4.27. The van der Waals surface area contributed by atoms with Gasteiger partial charge in [-0.2, -0.15) is 10.4 Å². The Hall–Kier alpha value is -1.67. The number of rotatable bonds is 5. The highest BCUT2D eigenvalue weighted by atomic mass is 16.5. The van der Waals surface area contributed by atoms with Gasteiger partial charge in [-0.3, -0.25) is 0 Å². The van der Waals surface area contributed by atoms with E-state index in [0.29, 0.717) is 18.1 Å². The number of nitrogens with two attached hydrogens (primary N) is 1. The third kappa shape index (κ3) is 3.51. The summed E-state index contributed by atoms with van der Waals surface area (Å²) in [5.41, 5.74) is 8.42. The molecular weight excluding hydrogens is 264 g/mol. The van der Waals surface area contributed by atoms with Crippen LogP contribution in [0.2, 0.25) is 0 Å². The highest BCUT2D eigenvalue weighted by molar-refractivity contribution is 5.46. The molecule has 2 N–H and O–H groups in total. The van der Waals surface area contributed by atoms with Gasteiger partial charge in [0.2, 0.25) is 0 Å². The Bertz CT molecular complexity index is 530. The van der Waals surface area contributed by atoms with Gasteiger partial charge in [0.25, 0.3) is 5.88 Å². The standard InChI is InChI=1S/C16H24N4O/c1-3-12-13(10-17)15(20-19-14(12)4-2)21-11-16(18)8-6-5-7-9-16/h3-9,11,18H2,1-2H3. The van der Waals surface area contributed by atoms with Crippen LogP contribution in [-0.2, 0) is 12.8 Å². The van der Waals surface area contributed by atoms with Crippen molar-refractivity contribution in [1.82, 2.24) is 10.2 Å². The molecular formula is C16H24N4O. The lowest BCUT2D eigenvalue weighted by molar-refractivity contribution is 0.167. The summed E-state index contributed by atoms with van der Waals surface area (Å²) in [6.07, 6.45) is 6.99. The smallest absolute Gasteiger partial charge is 0.251 e. The van der Waals surface area contributed by atoms with Crippen LogP contribution in [-0.4, -0.2) is 22.3 Å². The maximum atomic E-state index is 9.42. The van der Waals surface area contributed by atoms with Gasteiger partial charge in [0.1, 0.15) is 18.2 Å². The Labute approximate surface area is 126 Å². The van der Waals surface area contributed by atoms with Crippen LogP contribution in [0.3, 0.4) is 0 Å². The van der Waals surface area contributed by atoms with Crippen LogP contribution < -0.4 is 10.5 Å². The lowest BCUT2D eigenvalue weighted by Gasteiger charge is -2.32. The monoisotopic (exact) mass is 288 g/mol. The van der Waals surface area contributed by atoms with Gasteiger partial charge < -0.3 is 10.5 Å². The molecule has 0 aliphatic heterocycles. The maximum Gasteiger partial charge on any atom is 0.251 e. The van der Waals surface area contributed by atoms with Crippen LogP contribution in [0.15, 0.2) is 0 Å². The SMILES string of the molecule is CCc1nnc(OCC2(N)CCCCC2)c(C#N)c1CC. The second-order valence-corrected chi connectivity index (χ2v) is 5.84. The fourth-order valence-corrected chi connectivity index (χ4v) is 2.98. The van der Waals surface area contributed by atoms with Crippen molar-refractivity contribution in [1.29, 1.82) is 5.26 Å². The van der Waals surface area contributed by atoms with Crippen LogP contribution in [0.25, 0.3) is 0 Å². The van der Waals surface area contributed by atoms with E-state index < -0.39 is 0 Å². The lowest BCUT2D eigenvalue weighted by Crippen LogP contribution is -2.47. The van der Waals surface area contributed by atoms with Crippen LogP contribution >= 0.6 is 0 Å². The zero-order valence-corrected chi connectivity index (χ0v) is 13.0. The molecule has 0 amide bonds. The van der Waals surface area contributed by atoms with E-state index in [-0.39, 0.29) is 5.54 Å². The van der Waals surface area contributed by atoms with Gasteiger partial charge in [-0.25, -0.2) is 0 Å². The van der Waals surface area contributed by atoms with E-state index in [1.807, 2.05) is 13.8 Å². The largest absolute Gasteiger partial charge is 0.474 e. The summed E-state index contributed by atoms with van der Waals surface area (Å²) in [5, 5.41) is 17.7. The molecule has 0 unspecified atom stereocenters. The van der Waals surface area contributed by atoms with Gasteiger partial charge in [-0.15, -0.1) is 5.10 Å². The summed E-state index contributed by atoms with van der Waals surface area (Å²) in [6.45, 7) is 4.44. The molecule has 114 valence electrons. The topological polar surface area (TPSA) is 84.8 Å². The van der Waals surface area contributed by atoms with E-state index in [0.717, 1.165) is 49.8 Å². The third-order valence-corrected chi connectivity index (χ3v) is 4.27. The number of nitriles is 1. The molecule has 0 atom stereocenters. The summed E-state index contributed by atoms with van der Waals surface area (Å²) in [7, 11) is 0. The van der Waals surface area contributed by atoms with E-state index in [1.54, 1.807) is 0 Å². The Balaban J connectivity index is 2.18. The van der Waals surface area contributed by atoms with Crippen molar-refractivity contribution in [3.63, 3.8) is 0 Å². The number of aromatic nitrogens is 2. The quantitative estimate of drug-likeness (QED) is 0.899. The van der Waals surface area contributed by atoms with Crippen molar-refractivity contribution in [3.8, 4) is 11.9 Å². The molecule has 1 aliphatic carbocycles. The Morgan fingerprint density at radius 2 is 1.90 bits per heavy atom. The Kier molecular flexibility index (Phi) is 5.13. The van der Waals surface area contributed by atoms with Gasteiger partial charge >= 0.3 is 0 Å². The molecule has 5 nitrogen and oxygen atoms in total. The molecule has 0 aromatic carbocycles. The highest BCUT2D eigenvalue weighted by Gasteiger charge is 2.29. The van der Waals surface area contributed by atoms with Gasteiger partial charge in [-0.05, 0) is 31.2 Å². The van der Waals surface area contributed by atoms with Crippen molar-refractivity contribution < 1.29 is 4.74 Å². The van der Waals surface area contributed by atoms with Gasteiger partial charge in [-0.1, -0.05) is 33.1 Å². The van der Waals surface area contributed by atoms with E-state index in [2.05, 4.69) is 16.3 Å². The summed E-state index contributed by atoms with van der Waals surface area (Å²) >= 11 is 0. The van der Waals surface area contributed by atoms with Crippen molar-refractivity contribution >= 4 is 0 Å². The number of aryl methyl sites for hydroxylation is 1. The first-order valence-corrected chi connectivity index (χ1v) is 7.83. The van der Waals surface area contributed by atoms with Crippen LogP contribution in [0.1, 0.15) is 62.8 Å². The molecule has 21 heavy (non-hydrogen) atoms. The first-order valence-electron chi connectivity index (χ1n) is 7.83. The lowest BCUT2D eigenvalue weighted by atomic mass is 9.83. The molecule has 1 aromatic heterocycles. The summed E-state index contributed by atoms with van der Waals surface area (Å²) in [6, 6.07) is 2.22. The van der Waals surface area contributed by atoms with Gasteiger partial charge in [0.05, 0.1) is 11.2 Å². The van der Waals surface area contributed by atoms with Crippen molar-refractivity contribution in [2.24, 2.45) is 5.73 Å². The molecule has 2 rings (SSSR count). The highest BCUT2D eigenvalue weighted by Crippen LogP contribution is 2.28. The summed E-state index contributed by atoms with van der Waals surface area (Å²) in [5.74, 6) is 0.335. The number of ether oxygens (including phenoxy) is 1. The van der Waals surface area contributed by atoms with Crippen LogP contribution in [0.4, 0.5) is 0 Å². The zero-order chi connectivity index (χ0) is 15.3. The molecule has 0 spiro atoms. The van der Waals surface area contributed by atoms with Crippen LogP contribution in [0, 0.1) is 11.3 Å². The molecule has 0 radical (unpaired) electrons. The van der Waals surface area contributed by atoms with Crippen molar-refractivity contribution in [2.45, 2.75) is 64.3 Å². The maximum absolute atomic E-state index is 9.42. The molecule has 5 heteroatoms. The summed E-state index contributed by atoms with van der Waals surface area (Å²) < 4.78 is 5.79. The fraction of sp³-hybridized carbons (Fsp3) is 0.688. The van der Waals surface area contributed by atoms with E-state index in [1.165, 1.54) is 6.42 Å². The molecule has 1 fully saturated rings. The number of nitrogens with zero attached hydrogens (tertiary/aromatic N) is 3. The number of hydrogen-bond acceptors (Lipinski definition) is 5. The van der Waals surface area contributed by atoms with E-state index in [9.17, 15) is 5.26 Å². The molecule has 1 aromatic rings. The van der Waals surface area contributed by atoms with E-state index >= 15 is 0 Å². The predicted molar refractivity (Wildman–Crippen MR) is 81.0 cm³/mol. The molecule has 0 bridgehead atoms. The Morgan fingerprint density at radius 3 is 2.48 bits per heavy atom. The minimum absolute atomic E-state index is 0.289. The van der Waals surface area contributed by atoms with Crippen molar-refractivity contribution in [3.05, 3.63) is 16.8 Å². The molecule has 0 saturated heterocycles. The average molecular weight is 288 g/mol. The second-order valence-electron chi connectivity index (χ2n) is 5.84. The first kappa shape index (κ1) is 15.7. The first-order chi connectivity index (χ1) is 10.1. The normalized spacial score (nSPS) is 17.2. The second kappa shape index (κ2) is 6.86. The minimum Gasteiger partial charge on any atom is -0.474 e. The molecule has 1 heterocycles. The Morgan fingerprint density at radius 1 is 1.19 bits per heavy atom. The minimum atomic E-state index is -0.289. The fourth-order valence-electron chi connectivity index (χ4n) is 2.98. The number of hydrogen-bond donors (Lipinski definition) is 1. The van der Waals surface area contributed by atoms with Gasteiger partial charge in [0.15, 0.2) is 0 Å².